The highest BCUT2D eigenvalue weighted by atomic mass is 16.7. The molecule has 0 heterocycles. The van der Waals surface area contributed by atoms with E-state index in [2.05, 4.69) is 10.7 Å². The number of aliphatic hydroxyl groups excluding tert-OH is 1. The Balaban J connectivity index is 3.35. The number of carbonyl (C=O) groups is 1. The highest BCUT2D eigenvalue weighted by molar-refractivity contribution is 5.72. The van der Waals surface area contributed by atoms with E-state index >= 15 is 0 Å². The van der Waals surface area contributed by atoms with Gasteiger partial charge in [-0.1, -0.05) is 0 Å². The Morgan fingerprint density at radius 2 is 2.43 bits per heavy atom. The summed E-state index contributed by atoms with van der Waals surface area (Å²) in [5.74, 6) is 2.09. The van der Waals surface area contributed by atoms with Crippen LogP contribution in [0.1, 0.15) is 6.92 Å². The van der Waals surface area contributed by atoms with Gasteiger partial charge in [-0.2, -0.15) is 5.90 Å². The van der Waals surface area contributed by atoms with Gasteiger partial charge in [0.1, 0.15) is 0 Å². The molecule has 4 N–H and O–H groups in total. The Hall–Kier alpha value is -0.610. The second kappa shape index (κ2) is 2.54. The Kier molecular flexibility index (Phi) is 2.32. The van der Waals surface area contributed by atoms with Crippen molar-refractivity contribution in [3.63, 3.8) is 0 Å². The van der Waals surface area contributed by atoms with Crippen LogP contribution in [0.15, 0.2) is 0 Å². The van der Waals surface area contributed by atoms with Crippen LogP contribution in [0, 0.1) is 0 Å². The van der Waals surface area contributed by atoms with Crippen LogP contribution in [0.2, 0.25) is 0 Å². The molecule has 0 saturated carbocycles. The molecule has 7 heavy (non-hydrogen) atoms. The van der Waals surface area contributed by atoms with Crippen LogP contribution >= 0.6 is 0 Å². The number of hydrogen-bond acceptors (Lipinski definition) is 3. The van der Waals surface area contributed by atoms with Gasteiger partial charge in [0.05, 0.1) is 0 Å². The molecule has 0 radical (unpaired) electrons. The predicted molar refractivity (Wildman–Crippen MR) is 20.7 cm³/mol. The molecular weight excluding hydrogens is 98.0 g/mol. The Morgan fingerprint density at radius 1 is 2.00 bits per heavy atom. The summed E-state index contributed by atoms with van der Waals surface area (Å²) in [6.07, 6.45) is -1.06. The van der Waals surface area contributed by atoms with Crippen LogP contribution in [0.5, 0.6) is 0 Å². The van der Waals surface area contributed by atoms with Gasteiger partial charge in [-0.3, -0.25) is 4.84 Å². The highest BCUT2D eigenvalue weighted by Crippen LogP contribution is 1.77. The fraction of sp³-hybridized carbons (Fsp3) is 0.667. The molecule has 0 aromatic heterocycles. The molecule has 0 amide bonds. The van der Waals surface area contributed by atoms with Gasteiger partial charge in [-0.05, 0) is 6.92 Å². The van der Waals surface area contributed by atoms with Crippen molar-refractivity contribution in [1.29, 1.82) is 0 Å². The Bertz CT molecular complexity index is 70.6. The fourth-order valence-corrected chi connectivity index (χ4v) is 0.121. The van der Waals surface area contributed by atoms with Crippen LogP contribution in [-0.4, -0.2) is 17.2 Å². The molecule has 0 aliphatic carbocycles. The monoisotopic (exact) mass is 106 g/mol. The van der Waals surface area contributed by atoms with Crippen molar-refractivity contribution in [2.24, 2.45) is 0 Å². The first-order valence-electron chi connectivity index (χ1n) is 1.82. The van der Waals surface area contributed by atoms with E-state index in [1.165, 1.54) is 6.92 Å². The zero-order chi connectivity index (χ0) is 5.86. The van der Waals surface area contributed by atoms with E-state index in [4.69, 9.17) is 5.11 Å². The molecule has 0 aromatic carbocycles. The summed E-state index contributed by atoms with van der Waals surface area (Å²) in [5.41, 5.74) is 0. The first-order valence-corrected chi connectivity index (χ1v) is 1.82. The van der Waals surface area contributed by atoms with Crippen molar-refractivity contribution in [3.05, 3.63) is 0 Å². The lowest BCUT2D eigenvalue weighted by atomic mass is 10.4. The third kappa shape index (κ3) is 2.13. The van der Waals surface area contributed by atoms with E-state index in [0.717, 1.165) is 0 Å². The predicted octanol–water partition coefficient (Wildman–Crippen LogP) is -1.93. The van der Waals surface area contributed by atoms with Gasteiger partial charge in [0, 0.05) is 0 Å². The highest BCUT2D eigenvalue weighted by Gasteiger charge is 2.09. The summed E-state index contributed by atoms with van der Waals surface area (Å²) < 4.78 is 0. The van der Waals surface area contributed by atoms with E-state index in [0.29, 0.717) is 0 Å². The van der Waals surface area contributed by atoms with Gasteiger partial charge in [-0.25, -0.2) is 4.79 Å². The van der Waals surface area contributed by atoms with E-state index in [1.807, 2.05) is 0 Å². The van der Waals surface area contributed by atoms with Gasteiger partial charge in [-0.15, -0.1) is 0 Å². The average molecular weight is 106 g/mol. The molecule has 0 rings (SSSR count). The van der Waals surface area contributed by atoms with Crippen LogP contribution in [0.3, 0.4) is 0 Å². The van der Waals surface area contributed by atoms with E-state index in [9.17, 15) is 4.79 Å². The molecule has 0 saturated heterocycles. The molecule has 0 fully saturated rings. The van der Waals surface area contributed by atoms with Gasteiger partial charge < -0.3 is 5.11 Å². The number of rotatable bonds is 1. The van der Waals surface area contributed by atoms with Crippen LogP contribution in [-0.2, 0) is 9.63 Å². The lowest BCUT2D eigenvalue weighted by Gasteiger charge is -1.93. The first kappa shape index (κ1) is 6.39. The summed E-state index contributed by atoms with van der Waals surface area (Å²) in [5, 5.41) is 8.31. The summed E-state index contributed by atoms with van der Waals surface area (Å²) >= 11 is 0. The molecule has 42 valence electrons. The van der Waals surface area contributed by atoms with Gasteiger partial charge in [0.15, 0.2) is 6.10 Å². The van der Waals surface area contributed by atoms with Crippen LogP contribution in [0.4, 0.5) is 0 Å². The summed E-state index contributed by atoms with van der Waals surface area (Å²) in [6, 6.07) is 0. The van der Waals surface area contributed by atoms with Crippen molar-refractivity contribution < 1.29 is 20.6 Å². The molecule has 0 spiro atoms. The zero-order valence-corrected chi connectivity index (χ0v) is 4.05. The van der Waals surface area contributed by atoms with Gasteiger partial charge in [0.2, 0.25) is 0 Å². The minimum Gasteiger partial charge on any atom is -0.381 e. The first-order chi connectivity index (χ1) is 3.18. The molecule has 0 aliphatic rings. The maximum atomic E-state index is 9.98. The molecule has 0 aliphatic heterocycles. The summed E-state index contributed by atoms with van der Waals surface area (Å²) in [6.45, 7) is 1.31. The van der Waals surface area contributed by atoms with Crippen LogP contribution < -0.4 is 5.90 Å². The van der Waals surface area contributed by atoms with Crippen molar-refractivity contribution in [2.75, 3.05) is 0 Å². The van der Waals surface area contributed by atoms with Crippen molar-refractivity contribution in [1.82, 2.24) is 0 Å². The van der Waals surface area contributed by atoms with Crippen LogP contribution in [0.25, 0.3) is 0 Å². The number of aliphatic hydroxyl groups is 1. The lowest BCUT2D eigenvalue weighted by molar-refractivity contribution is -0.658. The normalized spacial score (nSPS) is 13.0. The summed E-state index contributed by atoms with van der Waals surface area (Å²) in [7, 11) is 0. The molecule has 4 nitrogen and oxygen atoms in total. The van der Waals surface area contributed by atoms with Crippen molar-refractivity contribution in [2.45, 2.75) is 13.0 Å². The fourth-order valence-electron chi connectivity index (χ4n) is 0.121. The van der Waals surface area contributed by atoms with Gasteiger partial charge >= 0.3 is 5.97 Å². The van der Waals surface area contributed by atoms with Crippen molar-refractivity contribution in [3.8, 4) is 0 Å². The maximum Gasteiger partial charge on any atom is 0.394 e. The standard InChI is InChI=1S/C3H8NO3/c1-2(5)3(6)7-4/h2,5H,1,4H3/q+1. The largest absolute Gasteiger partial charge is 0.394 e. The van der Waals surface area contributed by atoms with E-state index in [-0.39, 0.29) is 0 Å². The zero-order valence-electron chi connectivity index (χ0n) is 4.05. The number of hydrogen-bond donors (Lipinski definition) is 2. The molecule has 0 bridgehead atoms. The minimum atomic E-state index is -1.06. The molecule has 4 heteroatoms. The third-order valence-corrected chi connectivity index (χ3v) is 0.483. The van der Waals surface area contributed by atoms with E-state index < -0.39 is 12.1 Å². The lowest BCUT2D eigenvalue weighted by Crippen LogP contribution is -2.53. The van der Waals surface area contributed by atoms with Crippen molar-refractivity contribution >= 4 is 5.97 Å². The summed E-state index contributed by atoms with van der Waals surface area (Å²) in [4.78, 5) is 13.8. The second-order valence-electron chi connectivity index (χ2n) is 1.14. The van der Waals surface area contributed by atoms with E-state index in [1.54, 1.807) is 0 Å². The molecular formula is C3H8NO3+. The minimum absolute atomic E-state index is 0.708. The Morgan fingerprint density at radius 3 is 2.43 bits per heavy atom. The number of carbonyl (C=O) groups excluding carboxylic acids is 1. The average Bonchev–Trinajstić information content (AvgIpc) is 1.65. The third-order valence-electron chi connectivity index (χ3n) is 0.483. The molecule has 0 aromatic rings. The second-order valence-corrected chi connectivity index (χ2v) is 1.14. The topological polar surface area (TPSA) is 74.2 Å². The Labute approximate surface area is 40.8 Å². The SMILES string of the molecule is CC(O)C(=O)O[NH3+]. The molecule has 1 atom stereocenters. The van der Waals surface area contributed by atoms with Gasteiger partial charge in [0.25, 0.3) is 0 Å². The smallest absolute Gasteiger partial charge is 0.381 e. The quantitative estimate of drug-likeness (QED) is 0.382. The molecule has 1 unspecified atom stereocenters. The maximum absolute atomic E-state index is 9.98. The number of quaternary nitrogens is 1.